The highest BCUT2D eigenvalue weighted by atomic mass is 35.5. The van der Waals surface area contributed by atoms with E-state index in [-0.39, 0.29) is 6.04 Å². The van der Waals surface area contributed by atoms with Crippen molar-refractivity contribution in [1.82, 2.24) is 5.32 Å². The molecule has 0 fully saturated rings. The lowest BCUT2D eigenvalue weighted by Crippen LogP contribution is -2.32. The minimum Gasteiger partial charge on any atom is -0.467 e. The maximum absolute atomic E-state index is 6.08. The first-order chi connectivity index (χ1) is 10.2. The van der Waals surface area contributed by atoms with Crippen LogP contribution in [-0.4, -0.2) is 6.04 Å². The van der Waals surface area contributed by atoms with Crippen LogP contribution in [0.5, 0.6) is 0 Å². The highest BCUT2D eigenvalue weighted by Crippen LogP contribution is 2.31. The lowest BCUT2D eigenvalue weighted by Gasteiger charge is -2.20. The zero-order valence-electron chi connectivity index (χ0n) is 11.6. The van der Waals surface area contributed by atoms with Gasteiger partial charge in [0.1, 0.15) is 11.8 Å². The Hall–Kier alpha value is -1.07. The van der Waals surface area contributed by atoms with Gasteiger partial charge in [-0.25, -0.2) is 0 Å². The van der Waals surface area contributed by atoms with Gasteiger partial charge >= 0.3 is 0 Å². The molecule has 2 unspecified atom stereocenters. The minimum absolute atomic E-state index is 0.0486. The van der Waals surface area contributed by atoms with E-state index in [2.05, 4.69) is 35.8 Å². The largest absolute Gasteiger partial charge is 0.467 e. The molecule has 21 heavy (non-hydrogen) atoms. The van der Waals surface area contributed by atoms with Crippen molar-refractivity contribution in [2.45, 2.75) is 25.4 Å². The third-order valence-electron chi connectivity index (χ3n) is 3.24. The molecule has 0 spiro atoms. The van der Waals surface area contributed by atoms with Gasteiger partial charge in [-0.15, -0.1) is 22.7 Å². The number of furan rings is 1. The molecule has 3 aromatic heterocycles. The maximum atomic E-state index is 6.08. The van der Waals surface area contributed by atoms with E-state index in [1.54, 1.807) is 28.9 Å². The first kappa shape index (κ1) is 14.9. The van der Waals surface area contributed by atoms with Gasteiger partial charge in [0.15, 0.2) is 0 Å². The lowest BCUT2D eigenvalue weighted by atomic mass is 10.1. The van der Waals surface area contributed by atoms with E-state index >= 15 is 0 Å². The highest BCUT2D eigenvalue weighted by Gasteiger charge is 2.21. The molecule has 0 radical (unpaired) electrons. The van der Waals surface area contributed by atoms with E-state index in [1.165, 1.54) is 9.75 Å². The summed E-state index contributed by atoms with van der Waals surface area (Å²) in [5.41, 5.74) is 0. The first-order valence-electron chi connectivity index (χ1n) is 6.79. The third-order valence-corrected chi connectivity index (χ3v) is 5.44. The number of hydrogen-bond acceptors (Lipinski definition) is 4. The summed E-state index contributed by atoms with van der Waals surface area (Å²) >= 11 is 9.46. The van der Waals surface area contributed by atoms with Crippen LogP contribution in [0.15, 0.2) is 52.5 Å². The summed E-state index contributed by atoms with van der Waals surface area (Å²) in [7, 11) is 0. The summed E-state index contributed by atoms with van der Waals surface area (Å²) < 4.78 is 6.40. The van der Waals surface area contributed by atoms with Gasteiger partial charge in [-0.3, -0.25) is 0 Å². The number of halogens is 1. The Kier molecular flexibility index (Phi) is 4.80. The van der Waals surface area contributed by atoms with Crippen molar-refractivity contribution in [3.05, 3.63) is 67.9 Å². The molecule has 0 saturated heterocycles. The SMILES string of the molecule is CC(Cc1cccs1)NC(c1ccco1)c1ccc(Cl)s1. The van der Waals surface area contributed by atoms with Crippen LogP contribution in [0.2, 0.25) is 4.34 Å². The fraction of sp³-hybridized carbons (Fsp3) is 0.250. The van der Waals surface area contributed by atoms with Crippen LogP contribution in [0.3, 0.4) is 0 Å². The van der Waals surface area contributed by atoms with Gasteiger partial charge in [-0.2, -0.15) is 0 Å². The van der Waals surface area contributed by atoms with Crippen LogP contribution in [0, 0.1) is 0 Å². The molecule has 0 aromatic carbocycles. The second-order valence-corrected chi connectivity index (χ2v) is 7.72. The summed E-state index contributed by atoms with van der Waals surface area (Å²) in [6.07, 6.45) is 2.72. The van der Waals surface area contributed by atoms with Gasteiger partial charge in [0, 0.05) is 15.8 Å². The Morgan fingerprint density at radius 1 is 1.24 bits per heavy atom. The normalized spacial score (nSPS) is 14.2. The van der Waals surface area contributed by atoms with Crippen molar-refractivity contribution >= 4 is 34.3 Å². The van der Waals surface area contributed by atoms with Gasteiger partial charge in [-0.1, -0.05) is 17.7 Å². The zero-order chi connectivity index (χ0) is 14.7. The van der Waals surface area contributed by atoms with Crippen molar-refractivity contribution in [2.24, 2.45) is 0 Å². The number of rotatable bonds is 6. The number of nitrogens with one attached hydrogen (secondary N) is 1. The fourth-order valence-electron chi connectivity index (χ4n) is 2.32. The van der Waals surface area contributed by atoms with Crippen molar-refractivity contribution in [1.29, 1.82) is 0 Å². The third kappa shape index (κ3) is 3.77. The van der Waals surface area contributed by atoms with Crippen LogP contribution in [0.4, 0.5) is 0 Å². The zero-order valence-corrected chi connectivity index (χ0v) is 14.0. The molecule has 0 aliphatic rings. The molecule has 0 aliphatic heterocycles. The molecule has 5 heteroatoms. The molecule has 3 aromatic rings. The number of thiophene rings is 2. The Morgan fingerprint density at radius 2 is 2.14 bits per heavy atom. The van der Waals surface area contributed by atoms with Crippen molar-refractivity contribution in [3.63, 3.8) is 0 Å². The molecule has 0 aliphatic carbocycles. The molecule has 0 saturated carbocycles. The summed E-state index contributed by atoms with van der Waals surface area (Å²) in [6.45, 7) is 2.20. The summed E-state index contributed by atoms with van der Waals surface area (Å²) in [5.74, 6) is 0.923. The molecule has 2 atom stereocenters. The Morgan fingerprint density at radius 3 is 2.76 bits per heavy atom. The van der Waals surface area contributed by atoms with E-state index in [4.69, 9.17) is 16.0 Å². The van der Waals surface area contributed by atoms with E-state index < -0.39 is 0 Å². The van der Waals surface area contributed by atoms with Gasteiger partial charge in [0.2, 0.25) is 0 Å². The van der Waals surface area contributed by atoms with E-state index in [0.717, 1.165) is 16.5 Å². The summed E-state index contributed by atoms with van der Waals surface area (Å²) in [5, 5.41) is 5.77. The molecule has 0 bridgehead atoms. The summed E-state index contributed by atoms with van der Waals surface area (Å²) in [4.78, 5) is 2.56. The maximum Gasteiger partial charge on any atom is 0.126 e. The lowest BCUT2D eigenvalue weighted by molar-refractivity contribution is 0.417. The van der Waals surface area contributed by atoms with Gasteiger partial charge in [0.25, 0.3) is 0 Å². The van der Waals surface area contributed by atoms with Gasteiger partial charge in [-0.05, 0) is 49.1 Å². The molecular formula is C16H16ClNOS2. The van der Waals surface area contributed by atoms with Crippen molar-refractivity contribution in [3.8, 4) is 0 Å². The van der Waals surface area contributed by atoms with Gasteiger partial charge in [0.05, 0.1) is 10.6 Å². The second kappa shape index (κ2) is 6.79. The van der Waals surface area contributed by atoms with Crippen LogP contribution < -0.4 is 5.32 Å². The van der Waals surface area contributed by atoms with Crippen LogP contribution in [-0.2, 0) is 6.42 Å². The molecule has 110 valence electrons. The molecule has 3 heterocycles. The quantitative estimate of drug-likeness (QED) is 0.654. The fourth-order valence-corrected chi connectivity index (χ4v) is 4.28. The predicted molar refractivity (Wildman–Crippen MR) is 90.5 cm³/mol. The minimum atomic E-state index is 0.0486. The van der Waals surface area contributed by atoms with E-state index in [0.29, 0.717) is 6.04 Å². The first-order valence-corrected chi connectivity index (χ1v) is 8.87. The van der Waals surface area contributed by atoms with Crippen LogP contribution in [0.1, 0.15) is 28.5 Å². The second-order valence-electron chi connectivity index (χ2n) is 4.94. The molecule has 2 nitrogen and oxygen atoms in total. The molecule has 3 rings (SSSR count). The number of hydrogen-bond donors (Lipinski definition) is 1. The standard InChI is InChI=1S/C16H16ClNOS2/c1-11(10-12-4-3-9-20-12)18-16(13-5-2-8-19-13)14-6-7-15(17)21-14/h2-9,11,16,18H,10H2,1H3. The predicted octanol–water partition coefficient (Wildman–Crippen LogP) is 5.37. The molecular weight excluding hydrogens is 322 g/mol. The van der Waals surface area contributed by atoms with Crippen LogP contribution >= 0.6 is 34.3 Å². The molecule has 1 N–H and O–H groups in total. The van der Waals surface area contributed by atoms with Crippen LogP contribution in [0.25, 0.3) is 0 Å². The topological polar surface area (TPSA) is 25.2 Å². The summed E-state index contributed by atoms with van der Waals surface area (Å²) in [6, 6.07) is 12.6. The smallest absolute Gasteiger partial charge is 0.126 e. The average molecular weight is 338 g/mol. The molecule has 0 amide bonds. The van der Waals surface area contributed by atoms with Crippen molar-refractivity contribution in [2.75, 3.05) is 0 Å². The Labute approximate surface area is 137 Å². The van der Waals surface area contributed by atoms with E-state index in [1.807, 2.05) is 18.2 Å². The Balaban J connectivity index is 1.76. The van der Waals surface area contributed by atoms with Crippen molar-refractivity contribution < 1.29 is 4.42 Å². The average Bonchev–Trinajstić information content (AvgIpc) is 3.18. The Bertz CT molecular complexity index is 660. The van der Waals surface area contributed by atoms with Gasteiger partial charge < -0.3 is 9.73 Å². The monoisotopic (exact) mass is 337 g/mol. The van der Waals surface area contributed by atoms with E-state index in [9.17, 15) is 0 Å². The highest BCUT2D eigenvalue weighted by molar-refractivity contribution is 7.16.